The van der Waals surface area contributed by atoms with Gasteiger partial charge in [0.05, 0.1) is 0 Å². The first-order valence-electron chi connectivity index (χ1n) is 5.84. The summed E-state index contributed by atoms with van der Waals surface area (Å²) in [6.45, 7) is 8.80. The second kappa shape index (κ2) is 5.46. The number of benzene rings is 1. The van der Waals surface area contributed by atoms with E-state index in [2.05, 4.69) is 27.7 Å². The van der Waals surface area contributed by atoms with Crippen molar-refractivity contribution in [2.45, 2.75) is 40.5 Å². The minimum Gasteiger partial charge on any atom is -0.396 e. The highest BCUT2D eigenvalue weighted by atomic mass is 16.3. The largest absolute Gasteiger partial charge is 0.396 e. The Morgan fingerprint density at radius 2 is 1.00 bits per heavy atom. The predicted molar refractivity (Wildman–Crippen MR) is 67.0 cm³/mol. The fourth-order valence-electron chi connectivity index (χ4n) is 2.45. The summed E-state index contributed by atoms with van der Waals surface area (Å²) in [4.78, 5) is 0. The first-order chi connectivity index (χ1) is 7.54. The minimum atomic E-state index is 0.183. The van der Waals surface area contributed by atoms with Crippen LogP contribution in [0.1, 0.15) is 33.4 Å². The van der Waals surface area contributed by atoms with Crippen LogP contribution in [0, 0.1) is 27.7 Å². The highest BCUT2D eigenvalue weighted by molar-refractivity contribution is 5.50. The van der Waals surface area contributed by atoms with Crippen LogP contribution in [0.25, 0.3) is 0 Å². The average molecular weight is 222 g/mol. The molecule has 0 saturated heterocycles. The SMILES string of the molecule is Cc1c(C)c(CCO)c(C)c(CCO)c1C. The molecule has 0 aliphatic rings. The molecule has 1 aromatic carbocycles. The standard InChI is InChI=1S/C14H22O2/c1-9-10(2)13(5-7-15)12(4)14(6-8-16)11(9)3/h15-16H,5-8H2,1-4H3. The molecule has 0 aliphatic carbocycles. The van der Waals surface area contributed by atoms with E-state index < -0.39 is 0 Å². The summed E-state index contributed by atoms with van der Waals surface area (Å²) in [5, 5.41) is 18.2. The summed E-state index contributed by atoms with van der Waals surface area (Å²) in [7, 11) is 0. The lowest BCUT2D eigenvalue weighted by atomic mass is 9.86. The Hall–Kier alpha value is -0.860. The maximum atomic E-state index is 9.10. The second-order valence-electron chi connectivity index (χ2n) is 4.40. The van der Waals surface area contributed by atoms with Gasteiger partial charge in [-0.1, -0.05) is 0 Å². The third kappa shape index (κ3) is 2.28. The van der Waals surface area contributed by atoms with E-state index in [1.807, 2.05) is 0 Å². The zero-order valence-corrected chi connectivity index (χ0v) is 10.7. The highest BCUT2D eigenvalue weighted by Gasteiger charge is 2.13. The van der Waals surface area contributed by atoms with Crippen LogP contribution >= 0.6 is 0 Å². The quantitative estimate of drug-likeness (QED) is 0.818. The van der Waals surface area contributed by atoms with Crippen LogP contribution in [0.15, 0.2) is 0 Å². The first-order valence-corrected chi connectivity index (χ1v) is 5.84. The molecular weight excluding hydrogens is 200 g/mol. The molecule has 1 rings (SSSR count). The van der Waals surface area contributed by atoms with Crippen LogP contribution in [0.4, 0.5) is 0 Å². The molecule has 1 aromatic rings. The number of hydrogen-bond acceptors (Lipinski definition) is 2. The number of rotatable bonds is 4. The van der Waals surface area contributed by atoms with Crippen molar-refractivity contribution in [1.29, 1.82) is 0 Å². The van der Waals surface area contributed by atoms with Crippen molar-refractivity contribution in [1.82, 2.24) is 0 Å². The van der Waals surface area contributed by atoms with Gasteiger partial charge in [-0.15, -0.1) is 0 Å². The van der Waals surface area contributed by atoms with Crippen molar-refractivity contribution in [3.8, 4) is 0 Å². The summed E-state index contributed by atoms with van der Waals surface area (Å²) < 4.78 is 0. The molecule has 0 spiro atoms. The van der Waals surface area contributed by atoms with E-state index in [4.69, 9.17) is 10.2 Å². The van der Waals surface area contributed by atoms with Gasteiger partial charge in [0.2, 0.25) is 0 Å². The number of hydrogen-bond donors (Lipinski definition) is 2. The average Bonchev–Trinajstić information content (AvgIpc) is 2.28. The molecule has 2 heteroatoms. The van der Waals surface area contributed by atoms with E-state index in [0.29, 0.717) is 12.8 Å². The Balaban J connectivity index is 3.39. The summed E-state index contributed by atoms with van der Waals surface area (Å²) in [5.74, 6) is 0. The molecule has 0 atom stereocenters. The van der Waals surface area contributed by atoms with E-state index in [1.165, 1.54) is 33.4 Å². The van der Waals surface area contributed by atoms with Crippen molar-refractivity contribution in [2.75, 3.05) is 13.2 Å². The van der Waals surface area contributed by atoms with Crippen LogP contribution in [-0.4, -0.2) is 23.4 Å². The summed E-state index contributed by atoms with van der Waals surface area (Å²) in [5.41, 5.74) is 7.58. The molecule has 2 N–H and O–H groups in total. The van der Waals surface area contributed by atoms with Gasteiger partial charge >= 0.3 is 0 Å². The Morgan fingerprint density at radius 3 is 1.31 bits per heavy atom. The van der Waals surface area contributed by atoms with Crippen molar-refractivity contribution >= 4 is 0 Å². The highest BCUT2D eigenvalue weighted by Crippen LogP contribution is 2.27. The first kappa shape index (κ1) is 13.2. The van der Waals surface area contributed by atoms with Gasteiger partial charge in [0.1, 0.15) is 0 Å². The van der Waals surface area contributed by atoms with E-state index in [-0.39, 0.29) is 13.2 Å². The molecule has 0 radical (unpaired) electrons. The van der Waals surface area contributed by atoms with Gasteiger partial charge in [0.25, 0.3) is 0 Å². The van der Waals surface area contributed by atoms with Crippen molar-refractivity contribution < 1.29 is 10.2 Å². The van der Waals surface area contributed by atoms with Gasteiger partial charge in [-0.3, -0.25) is 0 Å². The maximum absolute atomic E-state index is 9.10. The Bertz CT molecular complexity index is 348. The fraction of sp³-hybridized carbons (Fsp3) is 0.571. The van der Waals surface area contributed by atoms with Gasteiger partial charge in [-0.2, -0.15) is 0 Å². The third-order valence-electron chi connectivity index (χ3n) is 3.66. The van der Waals surface area contributed by atoms with Gasteiger partial charge in [0.15, 0.2) is 0 Å². The second-order valence-corrected chi connectivity index (χ2v) is 4.40. The lowest BCUT2D eigenvalue weighted by Crippen LogP contribution is -2.08. The smallest absolute Gasteiger partial charge is 0.0471 e. The minimum absolute atomic E-state index is 0.183. The molecular formula is C14H22O2. The number of aliphatic hydroxyl groups is 2. The van der Waals surface area contributed by atoms with Gasteiger partial charge in [0, 0.05) is 13.2 Å². The number of aliphatic hydroxyl groups excluding tert-OH is 2. The Morgan fingerprint density at radius 1 is 0.625 bits per heavy atom. The van der Waals surface area contributed by atoms with E-state index >= 15 is 0 Å². The van der Waals surface area contributed by atoms with Crippen LogP contribution in [0.5, 0.6) is 0 Å². The monoisotopic (exact) mass is 222 g/mol. The molecule has 0 aliphatic heterocycles. The lowest BCUT2D eigenvalue weighted by Gasteiger charge is -2.19. The summed E-state index contributed by atoms with van der Waals surface area (Å²) >= 11 is 0. The molecule has 2 nitrogen and oxygen atoms in total. The molecule has 0 unspecified atom stereocenters. The predicted octanol–water partition coefficient (Wildman–Crippen LogP) is 1.99. The maximum Gasteiger partial charge on any atom is 0.0471 e. The van der Waals surface area contributed by atoms with Gasteiger partial charge in [-0.25, -0.2) is 0 Å². The van der Waals surface area contributed by atoms with Gasteiger partial charge < -0.3 is 10.2 Å². The normalized spacial score (nSPS) is 10.9. The zero-order chi connectivity index (χ0) is 12.3. The molecule has 16 heavy (non-hydrogen) atoms. The fourth-order valence-corrected chi connectivity index (χ4v) is 2.45. The molecule has 0 fully saturated rings. The van der Waals surface area contributed by atoms with E-state index in [9.17, 15) is 0 Å². The van der Waals surface area contributed by atoms with Crippen molar-refractivity contribution in [3.63, 3.8) is 0 Å². The van der Waals surface area contributed by atoms with Crippen molar-refractivity contribution in [2.24, 2.45) is 0 Å². The Labute approximate surface area is 97.9 Å². The summed E-state index contributed by atoms with van der Waals surface area (Å²) in [6.07, 6.45) is 1.41. The van der Waals surface area contributed by atoms with Crippen LogP contribution in [0.3, 0.4) is 0 Å². The molecule has 0 amide bonds. The molecule has 0 bridgehead atoms. The topological polar surface area (TPSA) is 40.5 Å². The molecule has 90 valence electrons. The van der Waals surface area contributed by atoms with E-state index in [0.717, 1.165) is 0 Å². The lowest BCUT2D eigenvalue weighted by molar-refractivity contribution is 0.297. The van der Waals surface area contributed by atoms with Crippen molar-refractivity contribution in [3.05, 3.63) is 33.4 Å². The molecule has 0 saturated carbocycles. The van der Waals surface area contributed by atoms with E-state index in [1.54, 1.807) is 0 Å². The van der Waals surface area contributed by atoms with Crippen LogP contribution < -0.4 is 0 Å². The molecule has 0 aromatic heterocycles. The summed E-state index contributed by atoms with van der Waals surface area (Å²) in [6, 6.07) is 0. The Kier molecular flexibility index (Phi) is 4.51. The zero-order valence-electron chi connectivity index (χ0n) is 10.7. The third-order valence-corrected chi connectivity index (χ3v) is 3.66. The van der Waals surface area contributed by atoms with Crippen LogP contribution in [-0.2, 0) is 12.8 Å². The van der Waals surface area contributed by atoms with Crippen LogP contribution in [0.2, 0.25) is 0 Å². The van der Waals surface area contributed by atoms with Gasteiger partial charge in [-0.05, 0) is 73.9 Å². The molecule has 0 heterocycles.